The maximum Gasteiger partial charge on any atom is 0.0542 e. The molecule has 4 heteroatoms. The fourth-order valence-corrected chi connectivity index (χ4v) is 1.63. The quantitative estimate of drug-likeness (QED) is 0.749. The summed E-state index contributed by atoms with van der Waals surface area (Å²) in [7, 11) is 0. The van der Waals surface area contributed by atoms with Gasteiger partial charge in [0, 0.05) is 23.8 Å². The first kappa shape index (κ1) is 14.6. The van der Waals surface area contributed by atoms with E-state index in [1.54, 1.807) is 0 Å². The summed E-state index contributed by atoms with van der Waals surface area (Å²) in [6.45, 7) is 6.84. The molecule has 0 unspecified atom stereocenters. The van der Waals surface area contributed by atoms with Gasteiger partial charge in [-0.2, -0.15) is 0 Å². The number of ether oxygens (including phenoxy) is 1. The molecule has 0 aliphatic carbocycles. The molecule has 3 nitrogen and oxygen atoms in total. The highest BCUT2D eigenvalue weighted by Crippen LogP contribution is 2.07. The molecule has 1 aromatic rings. The van der Waals surface area contributed by atoms with Crippen LogP contribution in [0.4, 0.5) is 0 Å². The standard InChI is InChI=1S/C13H21BrN2O/c1-11(2)17-8-4-3-7-15-10-13-6-5-12(14)9-16-13/h5-6,9,11,15H,3-4,7-8,10H2,1-2H3. The van der Waals surface area contributed by atoms with Gasteiger partial charge in [-0.15, -0.1) is 0 Å². The first-order valence-corrected chi connectivity index (χ1v) is 6.90. The lowest BCUT2D eigenvalue weighted by Crippen LogP contribution is -2.16. The normalized spacial score (nSPS) is 11.1. The number of nitrogens with one attached hydrogen (secondary N) is 1. The topological polar surface area (TPSA) is 34.1 Å². The van der Waals surface area contributed by atoms with Crippen LogP contribution in [0.3, 0.4) is 0 Å². The van der Waals surface area contributed by atoms with E-state index in [4.69, 9.17) is 4.74 Å². The molecule has 96 valence electrons. The zero-order chi connectivity index (χ0) is 12.5. The molecule has 0 atom stereocenters. The van der Waals surface area contributed by atoms with Crippen molar-refractivity contribution in [1.29, 1.82) is 0 Å². The van der Waals surface area contributed by atoms with Gasteiger partial charge in [0.25, 0.3) is 0 Å². The number of halogens is 1. The largest absolute Gasteiger partial charge is 0.379 e. The van der Waals surface area contributed by atoms with Crippen molar-refractivity contribution in [3.05, 3.63) is 28.5 Å². The number of hydrogen-bond donors (Lipinski definition) is 1. The van der Waals surface area contributed by atoms with Gasteiger partial charge in [-0.3, -0.25) is 4.98 Å². The summed E-state index contributed by atoms with van der Waals surface area (Å²) in [5, 5.41) is 3.38. The smallest absolute Gasteiger partial charge is 0.0542 e. The van der Waals surface area contributed by atoms with Gasteiger partial charge < -0.3 is 10.1 Å². The minimum absolute atomic E-state index is 0.343. The Hall–Kier alpha value is -0.450. The molecule has 0 aliphatic heterocycles. The van der Waals surface area contributed by atoms with Crippen LogP contribution in [0.25, 0.3) is 0 Å². The minimum Gasteiger partial charge on any atom is -0.379 e. The molecule has 1 aromatic heterocycles. The highest BCUT2D eigenvalue weighted by Gasteiger charge is 1.95. The second kappa shape index (κ2) is 8.61. The maximum atomic E-state index is 5.47. The molecule has 17 heavy (non-hydrogen) atoms. The zero-order valence-electron chi connectivity index (χ0n) is 10.6. The van der Waals surface area contributed by atoms with Gasteiger partial charge in [-0.25, -0.2) is 0 Å². The average molecular weight is 301 g/mol. The van der Waals surface area contributed by atoms with Gasteiger partial charge >= 0.3 is 0 Å². The van der Waals surface area contributed by atoms with Crippen LogP contribution in [0.2, 0.25) is 0 Å². The van der Waals surface area contributed by atoms with Crippen molar-refractivity contribution in [2.24, 2.45) is 0 Å². The highest BCUT2D eigenvalue weighted by atomic mass is 79.9. The van der Waals surface area contributed by atoms with Crippen molar-refractivity contribution in [3.63, 3.8) is 0 Å². The Morgan fingerprint density at radius 3 is 2.82 bits per heavy atom. The molecule has 0 saturated heterocycles. The van der Waals surface area contributed by atoms with Gasteiger partial charge in [-0.05, 0) is 61.3 Å². The summed E-state index contributed by atoms with van der Waals surface area (Å²) >= 11 is 3.37. The molecule has 0 spiro atoms. The Morgan fingerprint density at radius 1 is 1.35 bits per heavy atom. The van der Waals surface area contributed by atoms with Crippen LogP contribution in [-0.4, -0.2) is 24.2 Å². The predicted octanol–water partition coefficient (Wildman–Crippen LogP) is 3.14. The summed E-state index contributed by atoms with van der Waals surface area (Å²) < 4.78 is 6.49. The summed E-state index contributed by atoms with van der Waals surface area (Å²) in [5.74, 6) is 0. The number of nitrogens with zero attached hydrogens (tertiary/aromatic N) is 1. The average Bonchev–Trinajstić information content (AvgIpc) is 2.30. The Labute approximate surface area is 112 Å². The number of unbranched alkanes of at least 4 members (excludes halogenated alkanes) is 1. The van der Waals surface area contributed by atoms with E-state index in [1.165, 1.54) is 0 Å². The molecular weight excluding hydrogens is 280 g/mol. The van der Waals surface area contributed by atoms with Gasteiger partial charge in [0.2, 0.25) is 0 Å². The summed E-state index contributed by atoms with van der Waals surface area (Å²) in [6, 6.07) is 4.04. The van der Waals surface area contributed by atoms with Crippen molar-refractivity contribution in [2.75, 3.05) is 13.2 Å². The van der Waals surface area contributed by atoms with E-state index in [1.807, 2.05) is 18.3 Å². The van der Waals surface area contributed by atoms with E-state index in [0.29, 0.717) is 6.10 Å². The van der Waals surface area contributed by atoms with E-state index in [0.717, 1.165) is 42.7 Å². The fraction of sp³-hybridized carbons (Fsp3) is 0.615. The van der Waals surface area contributed by atoms with Crippen LogP contribution >= 0.6 is 15.9 Å². The summed E-state index contributed by atoms with van der Waals surface area (Å²) in [4.78, 5) is 4.30. The van der Waals surface area contributed by atoms with Crippen molar-refractivity contribution in [1.82, 2.24) is 10.3 Å². The SMILES string of the molecule is CC(C)OCCCCNCc1ccc(Br)cn1. The number of rotatable bonds is 8. The third-order valence-electron chi connectivity index (χ3n) is 2.29. The number of pyridine rings is 1. The van der Waals surface area contributed by atoms with Crippen molar-refractivity contribution in [3.8, 4) is 0 Å². The Kier molecular flexibility index (Phi) is 7.40. The van der Waals surface area contributed by atoms with Crippen LogP contribution in [0, 0.1) is 0 Å². The van der Waals surface area contributed by atoms with Crippen LogP contribution < -0.4 is 5.32 Å². The monoisotopic (exact) mass is 300 g/mol. The lowest BCUT2D eigenvalue weighted by Gasteiger charge is -2.07. The van der Waals surface area contributed by atoms with E-state index >= 15 is 0 Å². The van der Waals surface area contributed by atoms with E-state index in [-0.39, 0.29) is 0 Å². The zero-order valence-corrected chi connectivity index (χ0v) is 12.2. The Morgan fingerprint density at radius 2 is 2.18 bits per heavy atom. The Balaban J connectivity index is 1.99. The predicted molar refractivity (Wildman–Crippen MR) is 74.0 cm³/mol. The van der Waals surface area contributed by atoms with Gasteiger partial charge in [0.15, 0.2) is 0 Å². The lowest BCUT2D eigenvalue weighted by molar-refractivity contribution is 0.0760. The molecule has 0 aliphatic rings. The van der Waals surface area contributed by atoms with Crippen molar-refractivity contribution < 1.29 is 4.74 Å². The Bertz CT molecular complexity index is 301. The van der Waals surface area contributed by atoms with E-state index in [2.05, 4.69) is 40.1 Å². The van der Waals surface area contributed by atoms with Crippen molar-refractivity contribution >= 4 is 15.9 Å². The minimum atomic E-state index is 0.343. The third-order valence-corrected chi connectivity index (χ3v) is 2.76. The molecule has 0 fully saturated rings. The van der Waals surface area contributed by atoms with Crippen LogP contribution in [0.1, 0.15) is 32.4 Å². The van der Waals surface area contributed by atoms with E-state index < -0.39 is 0 Å². The molecule has 0 bridgehead atoms. The van der Waals surface area contributed by atoms with Crippen molar-refractivity contribution in [2.45, 2.75) is 39.3 Å². The van der Waals surface area contributed by atoms with Crippen LogP contribution in [-0.2, 0) is 11.3 Å². The maximum absolute atomic E-state index is 5.47. The summed E-state index contributed by atoms with van der Waals surface area (Å²) in [5.41, 5.74) is 1.08. The fourth-order valence-electron chi connectivity index (χ4n) is 1.40. The molecular formula is C13H21BrN2O. The molecule has 0 aromatic carbocycles. The van der Waals surface area contributed by atoms with Gasteiger partial charge in [0.05, 0.1) is 11.8 Å². The molecule has 1 N–H and O–H groups in total. The number of aromatic nitrogens is 1. The first-order chi connectivity index (χ1) is 8.18. The molecule has 0 saturated carbocycles. The number of hydrogen-bond acceptors (Lipinski definition) is 3. The van der Waals surface area contributed by atoms with Crippen LogP contribution in [0.5, 0.6) is 0 Å². The first-order valence-electron chi connectivity index (χ1n) is 6.11. The lowest BCUT2D eigenvalue weighted by atomic mass is 10.3. The molecule has 0 radical (unpaired) electrons. The molecule has 1 rings (SSSR count). The summed E-state index contributed by atoms with van der Waals surface area (Å²) in [6.07, 6.45) is 4.42. The van der Waals surface area contributed by atoms with Gasteiger partial charge in [-0.1, -0.05) is 0 Å². The second-order valence-electron chi connectivity index (χ2n) is 4.27. The third kappa shape index (κ3) is 7.47. The highest BCUT2D eigenvalue weighted by molar-refractivity contribution is 9.10. The van der Waals surface area contributed by atoms with Crippen LogP contribution in [0.15, 0.2) is 22.8 Å². The molecule has 0 amide bonds. The van der Waals surface area contributed by atoms with E-state index in [9.17, 15) is 0 Å². The molecule has 1 heterocycles. The van der Waals surface area contributed by atoms with Gasteiger partial charge in [0.1, 0.15) is 0 Å². The second-order valence-corrected chi connectivity index (χ2v) is 5.19.